The van der Waals surface area contributed by atoms with Crippen LogP contribution in [0.4, 0.5) is 0 Å². The van der Waals surface area contributed by atoms with Crippen molar-refractivity contribution < 1.29 is 4.79 Å². The highest BCUT2D eigenvalue weighted by molar-refractivity contribution is 5.92. The van der Waals surface area contributed by atoms with Gasteiger partial charge < -0.3 is 10.2 Å². The minimum atomic E-state index is 0.0373. The van der Waals surface area contributed by atoms with E-state index in [0.717, 1.165) is 13.1 Å². The van der Waals surface area contributed by atoms with E-state index in [0.29, 0.717) is 17.7 Å². The third kappa shape index (κ3) is 2.70. The van der Waals surface area contributed by atoms with Crippen LogP contribution in [0, 0.1) is 5.92 Å². The Morgan fingerprint density at radius 3 is 2.89 bits per heavy atom. The average molecular weight is 247 g/mol. The molecule has 0 saturated carbocycles. The second kappa shape index (κ2) is 5.48. The second-order valence-electron chi connectivity index (χ2n) is 5.28. The summed E-state index contributed by atoms with van der Waals surface area (Å²) in [7, 11) is 0. The number of hydrogen-bond acceptors (Lipinski definition) is 3. The molecule has 1 fully saturated rings. The Labute approximate surface area is 108 Å². The third-order valence-corrected chi connectivity index (χ3v) is 3.55. The van der Waals surface area contributed by atoms with Crippen molar-refractivity contribution in [3.05, 3.63) is 30.1 Å². The number of carbonyl (C=O) groups is 1. The molecule has 4 heteroatoms. The van der Waals surface area contributed by atoms with Crippen LogP contribution in [0.1, 0.15) is 31.3 Å². The molecule has 1 aromatic rings. The Morgan fingerprint density at radius 1 is 1.50 bits per heavy atom. The van der Waals surface area contributed by atoms with Gasteiger partial charge in [-0.1, -0.05) is 19.9 Å². The second-order valence-corrected chi connectivity index (χ2v) is 5.28. The standard InChI is InChI=1S/C14H21N3O/c1-10(2)13-9-17(11(3)8-16-13)14(18)12-6-4-5-7-15-12/h4-7,10-11,13,16H,8-9H2,1-3H3. The molecule has 1 aromatic heterocycles. The van der Waals surface area contributed by atoms with Crippen LogP contribution in [-0.2, 0) is 0 Å². The summed E-state index contributed by atoms with van der Waals surface area (Å²) in [6.45, 7) is 8.04. The Bertz CT molecular complexity index is 405. The minimum absolute atomic E-state index is 0.0373. The van der Waals surface area contributed by atoms with E-state index < -0.39 is 0 Å². The lowest BCUT2D eigenvalue weighted by molar-refractivity contribution is 0.0573. The number of rotatable bonds is 2. The van der Waals surface area contributed by atoms with Gasteiger partial charge in [0, 0.05) is 31.4 Å². The molecule has 0 aliphatic carbocycles. The molecule has 0 spiro atoms. The lowest BCUT2D eigenvalue weighted by atomic mass is 9.99. The molecule has 4 nitrogen and oxygen atoms in total. The van der Waals surface area contributed by atoms with Gasteiger partial charge in [0.15, 0.2) is 0 Å². The van der Waals surface area contributed by atoms with Crippen molar-refractivity contribution >= 4 is 5.91 Å². The molecule has 1 amide bonds. The summed E-state index contributed by atoms with van der Waals surface area (Å²) in [5, 5.41) is 3.49. The fourth-order valence-corrected chi connectivity index (χ4v) is 2.25. The zero-order valence-electron chi connectivity index (χ0n) is 11.3. The Morgan fingerprint density at radius 2 is 2.28 bits per heavy atom. The van der Waals surface area contributed by atoms with Crippen molar-refractivity contribution in [1.29, 1.82) is 0 Å². The van der Waals surface area contributed by atoms with Crippen LogP contribution < -0.4 is 5.32 Å². The maximum atomic E-state index is 12.4. The Kier molecular flexibility index (Phi) is 3.97. The first-order valence-corrected chi connectivity index (χ1v) is 6.55. The van der Waals surface area contributed by atoms with Gasteiger partial charge in [-0.25, -0.2) is 0 Å². The number of hydrogen-bond donors (Lipinski definition) is 1. The Balaban J connectivity index is 2.13. The van der Waals surface area contributed by atoms with Gasteiger partial charge in [-0.05, 0) is 25.0 Å². The largest absolute Gasteiger partial charge is 0.332 e. The van der Waals surface area contributed by atoms with E-state index in [1.165, 1.54) is 0 Å². The third-order valence-electron chi connectivity index (χ3n) is 3.55. The molecule has 2 atom stereocenters. The normalized spacial score (nSPS) is 24.3. The highest BCUT2D eigenvalue weighted by Gasteiger charge is 2.30. The molecule has 2 unspecified atom stereocenters. The van der Waals surface area contributed by atoms with E-state index in [1.54, 1.807) is 12.3 Å². The summed E-state index contributed by atoms with van der Waals surface area (Å²) < 4.78 is 0. The predicted molar refractivity (Wildman–Crippen MR) is 71.4 cm³/mol. The topological polar surface area (TPSA) is 45.2 Å². The molecular formula is C14H21N3O. The number of nitrogens with zero attached hydrogens (tertiary/aromatic N) is 2. The van der Waals surface area contributed by atoms with Gasteiger partial charge >= 0.3 is 0 Å². The number of amides is 1. The van der Waals surface area contributed by atoms with E-state index in [2.05, 4.69) is 31.1 Å². The van der Waals surface area contributed by atoms with Crippen molar-refractivity contribution in [3.63, 3.8) is 0 Å². The maximum absolute atomic E-state index is 12.4. The molecular weight excluding hydrogens is 226 g/mol. The highest BCUT2D eigenvalue weighted by atomic mass is 16.2. The van der Waals surface area contributed by atoms with Crippen LogP contribution in [0.15, 0.2) is 24.4 Å². The molecule has 0 radical (unpaired) electrons. The smallest absolute Gasteiger partial charge is 0.272 e. The number of pyridine rings is 1. The molecule has 2 heterocycles. The first-order valence-electron chi connectivity index (χ1n) is 6.55. The van der Waals surface area contributed by atoms with Gasteiger partial charge in [0.2, 0.25) is 0 Å². The van der Waals surface area contributed by atoms with Crippen molar-refractivity contribution in [2.75, 3.05) is 13.1 Å². The van der Waals surface area contributed by atoms with Gasteiger partial charge in [-0.2, -0.15) is 0 Å². The fraction of sp³-hybridized carbons (Fsp3) is 0.571. The monoisotopic (exact) mass is 247 g/mol. The SMILES string of the molecule is CC(C)C1CN(C(=O)c2ccccn2)C(C)CN1. The van der Waals surface area contributed by atoms with Crippen molar-refractivity contribution in [2.45, 2.75) is 32.9 Å². The zero-order valence-corrected chi connectivity index (χ0v) is 11.3. The summed E-state index contributed by atoms with van der Waals surface area (Å²) in [5.74, 6) is 0.562. The summed E-state index contributed by atoms with van der Waals surface area (Å²) in [4.78, 5) is 18.5. The zero-order chi connectivity index (χ0) is 13.1. The van der Waals surface area contributed by atoms with Gasteiger partial charge in [0.25, 0.3) is 5.91 Å². The minimum Gasteiger partial charge on any atom is -0.332 e. The average Bonchev–Trinajstić information content (AvgIpc) is 2.39. The lowest BCUT2D eigenvalue weighted by Crippen LogP contribution is -2.58. The van der Waals surface area contributed by atoms with Crippen molar-refractivity contribution in [1.82, 2.24) is 15.2 Å². The fourth-order valence-electron chi connectivity index (χ4n) is 2.25. The molecule has 1 N–H and O–H groups in total. The summed E-state index contributed by atoms with van der Waals surface area (Å²) >= 11 is 0. The van der Waals surface area contributed by atoms with Crippen LogP contribution in [0.25, 0.3) is 0 Å². The van der Waals surface area contributed by atoms with E-state index in [9.17, 15) is 4.79 Å². The number of nitrogens with one attached hydrogen (secondary N) is 1. The molecule has 1 aliphatic rings. The first-order chi connectivity index (χ1) is 8.59. The van der Waals surface area contributed by atoms with Crippen LogP contribution in [0.3, 0.4) is 0 Å². The molecule has 98 valence electrons. The quantitative estimate of drug-likeness (QED) is 0.862. The van der Waals surface area contributed by atoms with Gasteiger partial charge in [-0.15, -0.1) is 0 Å². The van der Waals surface area contributed by atoms with E-state index in [1.807, 2.05) is 17.0 Å². The predicted octanol–water partition coefficient (Wildman–Crippen LogP) is 1.54. The molecule has 18 heavy (non-hydrogen) atoms. The maximum Gasteiger partial charge on any atom is 0.272 e. The summed E-state index contributed by atoms with van der Waals surface area (Å²) in [5.41, 5.74) is 0.536. The first kappa shape index (κ1) is 13.0. The molecule has 0 aromatic carbocycles. The number of carbonyl (C=O) groups excluding carboxylic acids is 1. The van der Waals surface area contributed by atoms with Gasteiger partial charge in [-0.3, -0.25) is 9.78 Å². The molecule has 0 bridgehead atoms. The lowest BCUT2D eigenvalue weighted by Gasteiger charge is -2.40. The summed E-state index contributed by atoms with van der Waals surface area (Å²) in [6, 6.07) is 6.05. The van der Waals surface area contributed by atoms with E-state index in [-0.39, 0.29) is 11.9 Å². The van der Waals surface area contributed by atoms with Crippen molar-refractivity contribution in [3.8, 4) is 0 Å². The Hall–Kier alpha value is -1.42. The van der Waals surface area contributed by atoms with Crippen LogP contribution in [0.5, 0.6) is 0 Å². The molecule has 2 rings (SSSR count). The highest BCUT2D eigenvalue weighted by Crippen LogP contribution is 2.15. The van der Waals surface area contributed by atoms with Gasteiger partial charge in [0.05, 0.1) is 0 Å². The van der Waals surface area contributed by atoms with Crippen LogP contribution in [0.2, 0.25) is 0 Å². The van der Waals surface area contributed by atoms with Crippen LogP contribution in [-0.4, -0.2) is 41.0 Å². The van der Waals surface area contributed by atoms with Gasteiger partial charge in [0.1, 0.15) is 5.69 Å². The van der Waals surface area contributed by atoms with E-state index in [4.69, 9.17) is 0 Å². The number of piperazine rings is 1. The molecule has 1 saturated heterocycles. The number of aromatic nitrogens is 1. The van der Waals surface area contributed by atoms with Crippen LogP contribution >= 0.6 is 0 Å². The molecule has 1 aliphatic heterocycles. The summed E-state index contributed by atoms with van der Waals surface area (Å²) in [6.07, 6.45) is 1.67. The van der Waals surface area contributed by atoms with E-state index >= 15 is 0 Å². The van der Waals surface area contributed by atoms with Crippen molar-refractivity contribution in [2.24, 2.45) is 5.92 Å².